The third-order valence-corrected chi connectivity index (χ3v) is 3.79. The zero-order chi connectivity index (χ0) is 16.8. The summed E-state index contributed by atoms with van der Waals surface area (Å²) < 4.78 is 40.4. The molecule has 0 radical (unpaired) electrons. The summed E-state index contributed by atoms with van der Waals surface area (Å²) in [6.45, 7) is -0.700. The maximum Gasteiger partial charge on any atom is 0.397 e. The van der Waals surface area contributed by atoms with Crippen molar-refractivity contribution in [2.45, 2.75) is 24.5 Å². The lowest BCUT2D eigenvalue weighted by atomic mass is 10.1. The molecule has 3 rings (SSSR count). The van der Waals surface area contributed by atoms with Gasteiger partial charge in [0.25, 0.3) is 5.56 Å². The standard InChI is InChI=1S/C10H12N4O8S/c15-6-4(1-21-23(18,19)20)22-10(7(6)16)14-3-13-5-8(14)11-2-12-9(5)17/h2-4,6-7,10,15-16H,1H2,(H,11,12,17)(H,18,19,20). The lowest BCUT2D eigenvalue weighted by Crippen LogP contribution is -2.34. The van der Waals surface area contributed by atoms with Crippen molar-refractivity contribution >= 4 is 21.6 Å². The molecule has 3 heterocycles. The molecule has 126 valence electrons. The van der Waals surface area contributed by atoms with Gasteiger partial charge in [-0.1, -0.05) is 0 Å². The largest absolute Gasteiger partial charge is 0.397 e. The molecule has 4 unspecified atom stereocenters. The van der Waals surface area contributed by atoms with Gasteiger partial charge in [-0.15, -0.1) is 0 Å². The predicted molar refractivity (Wildman–Crippen MR) is 71.6 cm³/mol. The fourth-order valence-electron chi connectivity index (χ4n) is 2.30. The molecule has 0 amide bonds. The first-order valence-electron chi connectivity index (χ1n) is 6.31. The fraction of sp³-hybridized carbons (Fsp3) is 0.500. The summed E-state index contributed by atoms with van der Waals surface area (Å²) >= 11 is 0. The van der Waals surface area contributed by atoms with Crippen LogP contribution >= 0.6 is 0 Å². The molecule has 4 atom stereocenters. The molecule has 1 saturated heterocycles. The highest BCUT2D eigenvalue weighted by Gasteiger charge is 2.45. The molecule has 1 aliphatic heterocycles. The highest BCUT2D eigenvalue weighted by molar-refractivity contribution is 7.80. The summed E-state index contributed by atoms with van der Waals surface area (Å²) in [5.41, 5.74) is -0.371. The summed E-state index contributed by atoms with van der Waals surface area (Å²) in [5, 5.41) is 19.9. The van der Waals surface area contributed by atoms with E-state index in [9.17, 15) is 23.4 Å². The zero-order valence-corrected chi connectivity index (χ0v) is 12.1. The van der Waals surface area contributed by atoms with Crippen LogP contribution in [0.5, 0.6) is 0 Å². The molecule has 2 aromatic heterocycles. The Morgan fingerprint density at radius 1 is 1.35 bits per heavy atom. The maximum atomic E-state index is 11.6. The van der Waals surface area contributed by atoms with Gasteiger partial charge < -0.3 is 19.9 Å². The molecule has 2 aromatic rings. The molecule has 0 aliphatic carbocycles. The van der Waals surface area contributed by atoms with Crippen LogP contribution in [-0.4, -0.2) is 67.6 Å². The van der Waals surface area contributed by atoms with Crippen LogP contribution in [0.15, 0.2) is 17.4 Å². The van der Waals surface area contributed by atoms with Gasteiger partial charge in [0.2, 0.25) is 0 Å². The SMILES string of the molecule is O=c1[nH]cnc2c1ncn2C1OC(COS(=O)(=O)O)C(O)C1O. The summed E-state index contributed by atoms with van der Waals surface area (Å²) in [7, 11) is -4.71. The second-order valence-electron chi connectivity index (χ2n) is 4.81. The molecule has 12 nitrogen and oxygen atoms in total. The van der Waals surface area contributed by atoms with E-state index in [0.717, 1.165) is 6.33 Å². The molecule has 1 fully saturated rings. The van der Waals surface area contributed by atoms with Gasteiger partial charge in [0, 0.05) is 0 Å². The van der Waals surface area contributed by atoms with E-state index in [1.54, 1.807) is 0 Å². The van der Waals surface area contributed by atoms with Gasteiger partial charge in [-0.3, -0.25) is 13.9 Å². The topological polar surface area (TPSA) is 177 Å². The van der Waals surface area contributed by atoms with E-state index in [0.29, 0.717) is 0 Å². The summed E-state index contributed by atoms with van der Waals surface area (Å²) in [6, 6.07) is 0. The number of fused-ring (bicyclic) bond motifs is 1. The van der Waals surface area contributed by atoms with Gasteiger partial charge >= 0.3 is 10.4 Å². The van der Waals surface area contributed by atoms with E-state index >= 15 is 0 Å². The van der Waals surface area contributed by atoms with Crippen LogP contribution < -0.4 is 5.56 Å². The Labute approximate surface area is 128 Å². The summed E-state index contributed by atoms with van der Waals surface area (Å²) in [6.07, 6.45) is -3.00. The van der Waals surface area contributed by atoms with Gasteiger partial charge in [0.05, 0.1) is 19.3 Å². The first-order valence-corrected chi connectivity index (χ1v) is 7.68. The van der Waals surface area contributed by atoms with Gasteiger partial charge in [-0.05, 0) is 0 Å². The van der Waals surface area contributed by atoms with Crippen LogP contribution in [0.3, 0.4) is 0 Å². The molecule has 0 bridgehead atoms. The van der Waals surface area contributed by atoms with E-state index < -0.39 is 47.1 Å². The van der Waals surface area contributed by atoms with Crippen LogP contribution in [0.4, 0.5) is 0 Å². The highest BCUT2D eigenvalue weighted by Crippen LogP contribution is 2.31. The molecule has 1 aliphatic rings. The van der Waals surface area contributed by atoms with Crippen molar-refractivity contribution in [3.63, 3.8) is 0 Å². The Bertz CT molecular complexity index is 876. The number of aromatic amines is 1. The van der Waals surface area contributed by atoms with E-state index in [-0.39, 0.29) is 11.2 Å². The number of aromatic nitrogens is 4. The van der Waals surface area contributed by atoms with Crippen molar-refractivity contribution in [3.8, 4) is 0 Å². The van der Waals surface area contributed by atoms with Crippen LogP contribution in [0.1, 0.15) is 6.23 Å². The van der Waals surface area contributed by atoms with E-state index in [1.165, 1.54) is 10.9 Å². The monoisotopic (exact) mass is 348 g/mol. The predicted octanol–water partition coefficient (Wildman–Crippen LogP) is -2.44. The van der Waals surface area contributed by atoms with Crippen molar-refractivity contribution in [2.24, 2.45) is 0 Å². The lowest BCUT2D eigenvalue weighted by molar-refractivity contribution is -0.0478. The smallest absolute Gasteiger partial charge is 0.387 e. The summed E-state index contributed by atoms with van der Waals surface area (Å²) in [5.74, 6) is 0. The number of H-pyrrole nitrogens is 1. The molecular formula is C10H12N4O8S. The van der Waals surface area contributed by atoms with Crippen LogP contribution in [-0.2, 0) is 19.3 Å². The molecule has 23 heavy (non-hydrogen) atoms. The number of nitrogens with zero attached hydrogens (tertiary/aromatic N) is 3. The number of imidazole rings is 1. The Balaban J connectivity index is 1.88. The fourth-order valence-corrected chi connectivity index (χ4v) is 2.61. The van der Waals surface area contributed by atoms with Crippen LogP contribution in [0.2, 0.25) is 0 Å². The molecule has 0 spiro atoms. The second kappa shape index (κ2) is 5.63. The normalized spacial score (nSPS) is 28.5. The van der Waals surface area contributed by atoms with Crippen molar-refractivity contribution in [1.82, 2.24) is 19.5 Å². The van der Waals surface area contributed by atoms with Crippen molar-refractivity contribution < 1.29 is 32.1 Å². The number of aliphatic hydroxyl groups excluding tert-OH is 2. The van der Waals surface area contributed by atoms with E-state index in [4.69, 9.17) is 9.29 Å². The zero-order valence-electron chi connectivity index (χ0n) is 11.3. The quantitative estimate of drug-likeness (QED) is 0.434. The molecule has 0 saturated carbocycles. The van der Waals surface area contributed by atoms with Crippen molar-refractivity contribution in [1.29, 1.82) is 0 Å². The first-order chi connectivity index (χ1) is 10.8. The third kappa shape index (κ3) is 2.97. The lowest BCUT2D eigenvalue weighted by Gasteiger charge is -2.16. The Hall–Kier alpha value is -1.90. The molecule has 13 heteroatoms. The van der Waals surface area contributed by atoms with Gasteiger partial charge in [0.1, 0.15) is 18.3 Å². The minimum atomic E-state index is -4.71. The second-order valence-corrected chi connectivity index (χ2v) is 5.91. The minimum Gasteiger partial charge on any atom is -0.387 e. The van der Waals surface area contributed by atoms with E-state index in [2.05, 4.69) is 19.1 Å². The van der Waals surface area contributed by atoms with Crippen LogP contribution in [0, 0.1) is 0 Å². The average Bonchev–Trinajstić information content (AvgIpc) is 3.01. The molecule has 0 aromatic carbocycles. The average molecular weight is 348 g/mol. The number of aliphatic hydroxyl groups is 2. The Morgan fingerprint density at radius 2 is 2.09 bits per heavy atom. The third-order valence-electron chi connectivity index (χ3n) is 3.36. The maximum absolute atomic E-state index is 11.6. The molecular weight excluding hydrogens is 336 g/mol. The number of rotatable bonds is 4. The van der Waals surface area contributed by atoms with Crippen LogP contribution in [0.25, 0.3) is 11.2 Å². The Kier molecular flexibility index (Phi) is 3.91. The van der Waals surface area contributed by atoms with E-state index in [1.807, 2.05) is 0 Å². The molecule has 4 N–H and O–H groups in total. The van der Waals surface area contributed by atoms with Crippen molar-refractivity contribution in [3.05, 3.63) is 23.0 Å². The highest BCUT2D eigenvalue weighted by atomic mass is 32.3. The Morgan fingerprint density at radius 3 is 2.78 bits per heavy atom. The number of hydrogen-bond donors (Lipinski definition) is 4. The van der Waals surface area contributed by atoms with Gasteiger partial charge in [-0.2, -0.15) is 8.42 Å². The number of nitrogens with one attached hydrogen (secondary N) is 1. The summed E-state index contributed by atoms with van der Waals surface area (Å²) in [4.78, 5) is 21.7. The van der Waals surface area contributed by atoms with Gasteiger partial charge in [-0.25, -0.2) is 14.2 Å². The number of ether oxygens (including phenoxy) is 1. The first kappa shape index (κ1) is 16.0. The van der Waals surface area contributed by atoms with Crippen molar-refractivity contribution in [2.75, 3.05) is 6.61 Å². The van der Waals surface area contributed by atoms with Gasteiger partial charge in [0.15, 0.2) is 17.4 Å². The number of hydrogen-bond acceptors (Lipinski definition) is 9. The minimum absolute atomic E-state index is 0.00965.